The van der Waals surface area contributed by atoms with Crippen molar-refractivity contribution in [2.75, 3.05) is 19.0 Å². The maximum Gasteiger partial charge on any atom is 0.416 e. The van der Waals surface area contributed by atoms with E-state index < -0.39 is 17.6 Å². The fourth-order valence-electron chi connectivity index (χ4n) is 2.02. The molecular weight excluding hydrogens is 323 g/mol. The number of alkyl halides is 3. The third kappa shape index (κ3) is 4.65. The second-order valence-corrected chi connectivity index (χ2v) is 5.07. The van der Waals surface area contributed by atoms with E-state index in [1.807, 2.05) is 13.0 Å². The van der Waals surface area contributed by atoms with Crippen molar-refractivity contribution in [2.45, 2.75) is 13.1 Å². The van der Waals surface area contributed by atoms with E-state index in [0.29, 0.717) is 5.75 Å². The van der Waals surface area contributed by atoms with Crippen LogP contribution in [0.5, 0.6) is 11.5 Å². The van der Waals surface area contributed by atoms with Crippen LogP contribution in [-0.2, 0) is 11.0 Å². The van der Waals surface area contributed by atoms with Crippen molar-refractivity contribution >= 4 is 11.6 Å². The van der Waals surface area contributed by atoms with Crippen LogP contribution in [0, 0.1) is 6.92 Å². The number of hydrogen-bond acceptors (Lipinski definition) is 3. The molecule has 0 radical (unpaired) electrons. The molecule has 0 unspecified atom stereocenters. The number of anilines is 1. The Morgan fingerprint density at radius 2 is 1.92 bits per heavy atom. The van der Waals surface area contributed by atoms with E-state index in [1.54, 1.807) is 18.2 Å². The van der Waals surface area contributed by atoms with Crippen LogP contribution >= 0.6 is 0 Å². The summed E-state index contributed by atoms with van der Waals surface area (Å²) in [6.45, 7) is 1.54. The van der Waals surface area contributed by atoms with Gasteiger partial charge in [0.1, 0.15) is 11.5 Å². The van der Waals surface area contributed by atoms with E-state index in [4.69, 9.17) is 9.47 Å². The fraction of sp³-hybridized carbons (Fsp3) is 0.235. The molecular formula is C17H16F3NO3. The van der Waals surface area contributed by atoms with E-state index in [1.165, 1.54) is 7.11 Å². The molecule has 0 atom stereocenters. The molecule has 0 heterocycles. The first-order valence-electron chi connectivity index (χ1n) is 7.04. The van der Waals surface area contributed by atoms with Gasteiger partial charge in [-0.05, 0) is 42.8 Å². The van der Waals surface area contributed by atoms with Crippen molar-refractivity contribution in [2.24, 2.45) is 0 Å². The summed E-state index contributed by atoms with van der Waals surface area (Å²) in [5, 5.41) is 2.37. The summed E-state index contributed by atoms with van der Waals surface area (Å²) in [5.74, 6) is 0.0437. The number of halogens is 3. The number of benzene rings is 2. The number of carbonyl (C=O) groups excluding carboxylic acids is 1. The molecule has 2 aromatic rings. The second-order valence-electron chi connectivity index (χ2n) is 5.07. The molecule has 24 heavy (non-hydrogen) atoms. The van der Waals surface area contributed by atoms with Gasteiger partial charge in [-0.1, -0.05) is 12.1 Å². The lowest BCUT2D eigenvalue weighted by atomic mass is 10.1. The number of carbonyl (C=O) groups is 1. The zero-order valence-electron chi connectivity index (χ0n) is 13.1. The maximum absolute atomic E-state index is 12.8. The minimum Gasteiger partial charge on any atom is -0.495 e. The van der Waals surface area contributed by atoms with E-state index in [-0.39, 0.29) is 18.0 Å². The lowest BCUT2D eigenvalue weighted by Gasteiger charge is -2.14. The molecule has 0 spiro atoms. The smallest absolute Gasteiger partial charge is 0.416 e. The third-order valence-electron chi connectivity index (χ3n) is 3.16. The number of rotatable bonds is 5. The quantitative estimate of drug-likeness (QED) is 0.894. The van der Waals surface area contributed by atoms with Gasteiger partial charge < -0.3 is 14.8 Å². The van der Waals surface area contributed by atoms with Gasteiger partial charge in [0.05, 0.1) is 18.4 Å². The van der Waals surface area contributed by atoms with Crippen LogP contribution in [0.15, 0.2) is 42.5 Å². The molecule has 0 saturated carbocycles. The standard InChI is InChI=1S/C17H16F3NO3/c1-11-4-3-5-13(8-11)24-10-16(22)21-14-9-12(17(18,19)20)6-7-15(14)23-2/h3-9H,10H2,1-2H3,(H,21,22). The third-order valence-corrected chi connectivity index (χ3v) is 3.16. The first-order chi connectivity index (χ1) is 11.3. The Balaban J connectivity index is 2.07. The molecule has 1 amide bonds. The molecule has 0 saturated heterocycles. The Morgan fingerprint density at radius 3 is 2.54 bits per heavy atom. The molecule has 0 aromatic heterocycles. The van der Waals surface area contributed by atoms with Crippen molar-refractivity contribution < 1.29 is 27.4 Å². The molecule has 0 aliphatic carbocycles. The Bertz CT molecular complexity index is 729. The molecule has 2 aromatic carbocycles. The number of nitrogens with one attached hydrogen (secondary N) is 1. The van der Waals surface area contributed by atoms with E-state index in [2.05, 4.69) is 5.32 Å². The van der Waals surface area contributed by atoms with Crippen LogP contribution in [0.2, 0.25) is 0 Å². The molecule has 0 aliphatic heterocycles. The zero-order chi connectivity index (χ0) is 17.7. The Hall–Kier alpha value is -2.70. The topological polar surface area (TPSA) is 47.6 Å². The predicted molar refractivity (Wildman–Crippen MR) is 83.3 cm³/mol. The average Bonchev–Trinajstić information content (AvgIpc) is 2.52. The Kier molecular flexibility index (Phi) is 5.33. The van der Waals surface area contributed by atoms with Gasteiger partial charge in [-0.2, -0.15) is 13.2 Å². The molecule has 7 heteroatoms. The highest BCUT2D eigenvalue weighted by Crippen LogP contribution is 2.34. The predicted octanol–water partition coefficient (Wildman–Crippen LogP) is 4.04. The maximum atomic E-state index is 12.8. The molecule has 128 valence electrons. The number of amides is 1. The van der Waals surface area contributed by atoms with Crippen molar-refractivity contribution in [1.29, 1.82) is 0 Å². The van der Waals surface area contributed by atoms with Crippen molar-refractivity contribution in [3.05, 3.63) is 53.6 Å². The summed E-state index contributed by atoms with van der Waals surface area (Å²) >= 11 is 0. The van der Waals surface area contributed by atoms with Gasteiger partial charge in [-0.15, -0.1) is 0 Å². The molecule has 0 fully saturated rings. The van der Waals surface area contributed by atoms with Crippen molar-refractivity contribution in [3.63, 3.8) is 0 Å². The SMILES string of the molecule is COc1ccc(C(F)(F)F)cc1NC(=O)COc1cccc(C)c1. The number of aryl methyl sites for hydroxylation is 1. The fourth-order valence-corrected chi connectivity index (χ4v) is 2.02. The lowest BCUT2D eigenvalue weighted by Crippen LogP contribution is -2.21. The van der Waals surface area contributed by atoms with Crippen molar-refractivity contribution in [1.82, 2.24) is 0 Å². The van der Waals surface area contributed by atoms with Crippen LogP contribution in [-0.4, -0.2) is 19.6 Å². The largest absolute Gasteiger partial charge is 0.495 e. The van der Waals surface area contributed by atoms with Gasteiger partial charge in [-0.25, -0.2) is 0 Å². The molecule has 0 aliphatic rings. The minimum absolute atomic E-state index is 0.0647. The summed E-state index contributed by atoms with van der Waals surface area (Å²) in [6.07, 6.45) is -4.51. The lowest BCUT2D eigenvalue weighted by molar-refractivity contribution is -0.137. The molecule has 1 N–H and O–H groups in total. The molecule has 4 nitrogen and oxygen atoms in total. The first kappa shape index (κ1) is 17.7. The summed E-state index contributed by atoms with van der Waals surface area (Å²) in [6, 6.07) is 9.95. The highest BCUT2D eigenvalue weighted by molar-refractivity contribution is 5.93. The summed E-state index contributed by atoms with van der Waals surface area (Å²) < 4.78 is 48.6. The van der Waals surface area contributed by atoms with E-state index in [9.17, 15) is 18.0 Å². The van der Waals surface area contributed by atoms with Crippen LogP contribution < -0.4 is 14.8 Å². The van der Waals surface area contributed by atoms with Gasteiger partial charge in [0.2, 0.25) is 0 Å². The van der Waals surface area contributed by atoms with E-state index in [0.717, 1.165) is 23.8 Å². The van der Waals surface area contributed by atoms with Crippen LogP contribution in [0.4, 0.5) is 18.9 Å². The zero-order valence-corrected chi connectivity index (χ0v) is 13.1. The normalized spacial score (nSPS) is 11.0. The average molecular weight is 339 g/mol. The Labute approximate surface area is 137 Å². The molecule has 0 bridgehead atoms. The highest BCUT2D eigenvalue weighted by Gasteiger charge is 2.31. The van der Waals surface area contributed by atoms with Gasteiger partial charge >= 0.3 is 6.18 Å². The number of methoxy groups -OCH3 is 1. The van der Waals surface area contributed by atoms with Gasteiger partial charge in [-0.3, -0.25) is 4.79 Å². The summed E-state index contributed by atoms with van der Waals surface area (Å²) in [7, 11) is 1.31. The molecule has 2 rings (SSSR count). The highest BCUT2D eigenvalue weighted by atomic mass is 19.4. The number of ether oxygens (including phenoxy) is 2. The van der Waals surface area contributed by atoms with Gasteiger partial charge in [0.25, 0.3) is 5.91 Å². The van der Waals surface area contributed by atoms with Crippen LogP contribution in [0.1, 0.15) is 11.1 Å². The monoisotopic (exact) mass is 339 g/mol. The minimum atomic E-state index is -4.51. The Morgan fingerprint density at radius 1 is 1.17 bits per heavy atom. The number of hydrogen-bond donors (Lipinski definition) is 1. The van der Waals surface area contributed by atoms with Crippen LogP contribution in [0.25, 0.3) is 0 Å². The van der Waals surface area contributed by atoms with E-state index >= 15 is 0 Å². The summed E-state index contributed by atoms with van der Waals surface area (Å²) in [5.41, 5.74) is 0.0239. The van der Waals surface area contributed by atoms with Gasteiger partial charge in [0.15, 0.2) is 6.61 Å². The first-order valence-corrected chi connectivity index (χ1v) is 7.04. The summed E-state index contributed by atoms with van der Waals surface area (Å²) in [4.78, 5) is 11.9. The van der Waals surface area contributed by atoms with Gasteiger partial charge in [0, 0.05) is 0 Å². The van der Waals surface area contributed by atoms with Crippen molar-refractivity contribution in [3.8, 4) is 11.5 Å². The second kappa shape index (κ2) is 7.25. The van der Waals surface area contributed by atoms with Crippen LogP contribution in [0.3, 0.4) is 0 Å².